The molecule has 4 nitrogen and oxygen atoms in total. The van der Waals surface area contributed by atoms with Crippen molar-refractivity contribution in [1.29, 1.82) is 0 Å². The molecule has 1 fully saturated rings. The van der Waals surface area contributed by atoms with Crippen molar-refractivity contribution in [3.05, 3.63) is 0 Å². The molecule has 0 amide bonds. The predicted molar refractivity (Wildman–Crippen MR) is 60.9 cm³/mol. The van der Waals surface area contributed by atoms with E-state index < -0.39 is 27.0 Å². The molecule has 1 saturated carbocycles. The van der Waals surface area contributed by atoms with Crippen LogP contribution < -0.4 is 10.5 Å². The van der Waals surface area contributed by atoms with Crippen molar-refractivity contribution >= 4 is 27.2 Å². The second-order valence-electron chi connectivity index (χ2n) is 4.03. The quantitative estimate of drug-likeness (QED) is 0.743. The first-order valence-electron chi connectivity index (χ1n) is 4.94. The van der Waals surface area contributed by atoms with Gasteiger partial charge in [-0.2, -0.15) is 17.9 Å². The van der Waals surface area contributed by atoms with Crippen molar-refractivity contribution in [1.82, 2.24) is 4.72 Å². The zero-order valence-corrected chi connectivity index (χ0v) is 10.7. The van der Waals surface area contributed by atoms with Crippen molar-refractivity contribution in [3.63, 3.8) is 0 Å². The van der Waals surface area contributed by atoms with E-state index >= 15 is 0 Å². The van der Waals surface area contributed by atoms with Gasteiger partial charge in [-0.3, -0.25) is 0 Å². The SMILES string of the molecule is CCC(C(N)=S)S(=O)(=O)NC1(C(F)(F)F)CC1. The summed E-state index contributed by atoms with van der Waals surface area (Å²) in [6.07, 6.45) is -5.04. The van der Waals surface area contributed by atoms with E-state index in [0.29, 0.717) is 0 Å². The third-order valence-electron chi connectivity index (χ3n) is 2.69. The normalized spacial score (nSPS) is 20.9. The number of nitrogens with one attached hydrogen (secondary N) is 1. The highest BCUT2D eigenvalue weighted by Crippen LogP contribution is 2.49. The van der Waals surface area contributed by atoms with E-state index in [1.807, 2.05) is 0 Å². The van der Waals surface area contributed by atoms with Gasteiger partial charge in [0.1, 0.15) is 10.8 Å². The van der Waals surface area contributed by atoms with E-state index in [1.54, 1.807) is 4.72 Å². The lowest BCUT2D eigenvalue weighted by Crippen LogP contribution is -2.52. The Balaban J connectivity index is 2.92. The molecule has 0 aromatic rings. The van der Waals surface area contributed by atoms with Crippen molar-refractivity contribution in [3.8, 4) is 0 Å². The summed E-state index contributed by atoms with van der Waals surface area (Å²) in [6, 6.07) is 0. The Morgan fingerprint density at radius 1 is 1.53 bits per heavy atom. The Morgan fingerprint density at radius 3 is 2.24 bits per heavy atom. The average Bonchev–Trinajstić information content (AvgIpc) is 2.82. The van der Waals surface area contributed by atoms with Crippen LogP contribution in [0.2, 0.25) is 0 Å². The van der Waals surface area contributed by atoms with Crippen LogP contribution in [0.4, 0.5) is 13.2 Å². The molecule has 9 heteroatoms. The Kier molecular flexibility index (Phi) is 3.76. The van der Waals surface area contributed by atoms with Crippen molar-refractivity contribution in [2.24, 2.45) is 5.73 Å². The summed E-state index contributed by atoms with van der Waals surface area (Å²) in [5.41, 5.74) is 2.90. The molecule has 3 N–H and O–H groups in total. The third-order valence-corrected chi connectivity index (χ3v) is 5.14. The summed E-state index contributed by atoms with van der Waals surface area (Å²) < 4.78 is 63.0. The number of sulfonamides is 1. The molecule has 1 atom stereocenters. The monoisotopic (exact) mass is 290 g/mol. The smallest absolute Gasteiger partial charge is 0.392 e. The minimum Gasteiger partial charge on any atom is -0.392 e. The van der Waals surface area contributed by atoms with Gasteiger partial charge in [-0.15, -0.1) is 0 Å². The largest absolute Gasteiger partial charge is 0.407 e. The highest BCUT2D eigenvalue weighted by Gasteiger charge is 2.65. The minimum atomic E-state index is -4.59. The molecule has 0 saturated heterocycles. The van der Waals surface area contributed by atoms with Gasteiger partial charge in [0.2, 0.25) is 10.0 Å². The Labute approximate surface area is 103 Å². The maximum atomic E-state index is 12.6. The van der Waals surface area contributed by atoms with Gasteiger partial charge in [0.25, 0.3) is 0 Å². The number of rotatable bonds is 5. The Morgan fingerprint density at radius 2 is 2.00 bits per heavy atom. The topological polar surface area (TPSA) is 72.2 Å². The lowest BCUT2D eigenvalue weighted by Gasteiger charge is -2.23. The molecule has 1 rings (SSSR count). The van der Waals surface area contributed by atoms with E-state index in [4.69, 9.17) is 5.73 Å². The highest BCUT2D eigenvalue weighted by atomic mass is 32.2. The molecule has 1 aliphatic rings. The number of nitrogens with two attached hydrogens (primary N) is 1. The van der Waals surface area contributed by atoms with E-state index in [1.165, 1.54) is 6.92 Å². The molecular weight excluding hydrogens is 277 g/mol. The van der Waals surface area contributed by atoms with Gasteiger partial charge in [0, 0.05) is 0 Å². The Bertz CT molecular complexity index is 415. The van der Waals surface area contributed by atoms with E-state index in [0.717, 1.165) is 0 Å². The van der Waals surface area contributed by atoms with Crippen LogP contribution in [0.5, 0.6) is 0 Å². The third kappa shape index (κ3) is 2.89. The van der Waals surface area contributed by atoms with Gasteiger partial charge >= 0.3 is 6.18 Å². The van der Waals surface area contributed by atoms with E-state index in [2.05, 4.69) is 12.2 Å². The van der Waals surface area contributed by atoms with Crippen LogP contribution >= 0.6 is 12.2 Å². The molecule has 0 aliphatic heterocycles. The second-order valence-corrected chi connectivity index (χ2v) is 6.36. The predicted octanol–water partition coefficient (Wildman–Crippen LogP) is 1.07. The maximum absolute atomic E-state index is 12.6. The molecule has 0 radical (unpaired) electrons. The molecule has 0 spiro atoms. The van der Waals surface area contributed by atoms with E-state index in [-0.39, 0.29) is 24.3 Å². The second kappa shape index (κ2) is 4.36. The number of hydrogen-bond acceptors (Lipinski definition) is 3. The first-order valence-corrected chi connectivity index (χ1v) is 6.90. The molecule has 17 heavy (non-hydrogen) atoms. The standard InChI is InChI=1S/C8H13F3N2O2S2/c1-2-5(6(12)16)17(14,15)13-7(3-4-7)8(9,10)11/h5,13H,2-4H2,1H3,(H2,12,16). The van der Waals surface area contributed by atoms with Crippen LogP contribution in [-0.2, 0) is 10.0 Å². The molecule has 1 aliphatic carbocycles. The number of halogens is 3. The number of hydrogen-bond donors (Lipinski definition) is 2. The van der Waals surface area contributed by atoms with Gasteiger partial charge < -0.3 is 5.73 Å². The first kappa shape index (κ1) is 14.7. The number of thiocarbonyl (C=S) groups is 1. The molecular formula is C8H13F3N2O2S2. The first-order chi connectivity index (χ1) is 7.56. The molecule has 0 bridgehead atoms. The van der Waals surface area contributed by atoms with Crippen LogP contribution in [-0.4, -0.2) is 30.4 Å². The van der Waals surface area contributed by atoms with Crippen molar-refractivity contribution in [2.75, 3.05) is 0 Å². The molecule has 0 aromatic carbocycles. The minimum absolute atomic E-state index is 0.0403. The van der Waals surface area contributed by atoms with Gasteiger partial charge in [0.05, 0.1) is 4.99 Å². The fraction of sp³-hybridized carbons (Fsp3) is 0.875. The summed E-state index contributed by atoms with van der Waals surface area (Å²) in [6.45, 7) is 1.50. The van der Waals surface area contributed by atoms with Gasteiger partial charge in [0.15, 0.2) is 0 Å². The lowest BCUT2D eigenvalue weighted by atomic mass is 10.3. The van der Waals surface area contributed by atoms with Crippen molar-refractivity contribution in [2.45, 2.75) is 43.2 Å². The molecule has 0 heterocycles. The molecule has 1 unspecified atom stereocenters. The van der Waals surface area contributed by atoms with Gasteiger partial charge in [-0.25, -0.2) is 8.42 Å². The summed E-state index contributed by atoms with van der Waals surface area (Å²) in [5, 5.41) is -1.27. The van der Waals surface area contributed by atoms with Crippen LogP contribution in [0.3, 0.4) is 0 Å². The summed E-state index contributed by atoms with van der Waals surface area (Å²) in [4.78, 5) is -0.321. The average molecular weight is 290 g/mol. The fourth-order valence-electron chi connectivity index (χ4n) is 1.49. The maximum Gasteiger partial charge on any atom is 0.407 e. The fourth-order valence-corrected chi connectivity index (χ4v) is 3.78. The zero-order chi connectivity index (χ0) is 13.5. The van der Waals surface area contributed by atoms with Crippen LogP contribution in [0, 0.1) is 0 Å². The van der Waals surface area contributed by atoms with Crippen LogP contribution in [0.25, 0.3) is 0 Å². The zero-order valence-electron chi connectivity index (χ0n) is 9.04. The van der Waals surface area contributed by atoms with Gasteiger partial charge in [-0.05, 0) is 19.3 Å². The summed E-state index contributed by atoms with van der Waals surface area (Å²) in [7, 11) is -4.19. The lowest BCUT2D eigenvalue weighted by molar-refractivity contribution is -0.160. The van der Waals surface area contributed by atoms with Gasteiger partial charge in [-0.1, -0.05) is 19.1 Å². The highest BCUT2D eigenvalue weighted by molar-refractivity contribution is 7.93. The Hall–Kier alpha value is -0.410. The molecule has 0 aromatic heterocycles. The molecule has 100 valence electrons. The number of alkyl halides is 3. The van der Waals surface area contributed by atoms with Crippen LogP contribution in [0.15, 0.2) is 0 Å². The summed E-state index contributed by atoms with van der Waals surface area (Å²) >= 11 is 4.54. The van der Waals surface area contributed by atoms with Crippen molar-refractivity contribution < 1.29 is 21.6 Å². The van der Waals surface area contributed by atoms with E-state index in [9.17, 15) is 21.6 Å². The summed E-state index contributed by atoms with van der Waals surface area (Å²) in [5.74, 6) is 0. The van der Waals surface area contributed by atoms with Crippen LogP contribution in [0.1, 0.15) is 26.2 Å².